The number of nitrogens with zero attached hydrogens (tertiary/aromatic N) is 3. The number of carbonyl (C=O) groups excluding carboxylic acids is 1. The van der Waals surface area contributed by atoms with Crippen molar-refractivity contribution in [1.29, 1.82) is 0 Å². The molecule has 2 aliphatic rings. The highest BCUT2D eigenvalue weighted by Crippen LogP contribution is 2.19. The van der Waals surface area contributed by atoms with Crippen molar-refractivity contribution in [3.8, 4) is 0 Å². The Labute approximate surface area is 145 Å². The smallest absolute Gasteiger partial charge is 0.253 e. The van der Waals surface area contributed by atoms with Gasteiger partial charge in [0.2, 0.25) is 0 Å². The highest BCUT2D eigenvalue weighted by atomic mass is 16.2. The molecule has 1 aromatic carbocycles. The van der Waals surface area contributed by atoms with Gasteiger partial charge in [0.1, 0.15) is 0 Å². The Morgan fingerprint density at radius 2 is 1.83 bits per heavy atom. The minimum Gasteiger partial charge on any atom is -0.369 e. The largest absolute Gasteiger partial charge is 0.369 e. The van der Waals surface area contributed by atoms with Gasteiger partial charge in [0.15, 0.2) is 0 Å². The minimum absolute atomic E-state index is 0.164. The Morgan fingerprint density at radius 1 is 1.12 bits per heavy atom. The second-order valence-electron chi connectivity index (χ2n) is 6.85. The Hall–Kier alpha value is -1.59. The summed E-state index contributed by atoms with van der Waals surface area (Å²) in [6, 6.07) is 8.62. The molecule has 2 aliphatic heterocycles. The van der Waals surface area contributed by atoms with Crippen LogP contribution in [0.25, 0.3) is 0 Å². The predicted molar refractivity (Wildman–Crippen MR) is 98.8 cm³/mol. The van der Waals surface area contributed by atoms with Crippen LogP contribution < -0.4 is 10.2 Å². The molecule has 0 spiro atoms. The molecular weight excluding hydrogens is 300 g/mol. The SMILES string of the molecule is CCN1CCN(c2ccc(C(=O)N3CCCC(NC)C3)cc2)CC1. The number of benzene rings is 1. The summed E-state index contributed by atoms with van der Waals surface area (Å²) >= 11 is 0. The maximum atomic E-state index is 12.7. The van der Waals surface area contributed by atoms with Crippen molar-refractivity contribution < 1.29 is 4.79 Å². The fourth-order valence-electron chi connectivity index (χ4n) is 3.72. The zero-order chi connectivity index (χ0) is 16.9. The number of anilines is 1. The lowest BCUT2D eigenvalue weighted by Gasteiger charge is -2.35. The number of rotatable bonds is 4. The fraction of sp³-hybridized carbons (Fsp3) is 0.632. The lowest BCUT2D eigenvalue weighted by Crippen LogP contribution is -2.47. The molecule has 0 aliphatic carbocycles. The minimum atomic E-state index is 0.164. The first-order chi connectivity index (χ1) is 11.7. The molecule has 0 radical (unpaired) electrons. The van der Waals surface area contributed by atoms with Crippen molar-refractivity contribution in [3.05, 3.63) is 29.8 Å². The van der Waals surface area contributed by atoms with Gasteiger partial charge in [-0.3, -0.25) is 4.79 Å². The van der Waals surface area contributed by atoms with Crippen LogP contribution in [-0.2, 0) is 0 Å². The van der Waals surface area contributed by atoms with Crippen LogP contribution in [0.2, 0.25) is 0 Å². The molecule has 1 N–H and O–H groups in total. The zero-order valence-corrected chi connectivity index (χ0v) is 15.0. The van der Waals surface area contributed by atoms with E-state index in [4.69, 9.17) is 0 Å². The Bertz CT molecular complexity index is 537. The van der Waals surface area contributed by atoms with Crippen LogP contribution in [0.1, 0.15) is 30.1 Å². The van der Waals surface area contributed by atoms with E-state index in [1.807, 2.05) is 24.1 Å². The average molecular weight is 330 g/mol. The molecule has 1 unspecified atom stereocenters. The van der Waals surface area contributed by atoms with E-state index in [1.54, 1.807) is 0 Å². The van der Waals surface area contributed by atoms with Gasteiger partial charge < -0.3 is 20.0 Å². The first-order valence-corrected chi connectivity index (χ1v) is 9.25. The second kappa shape index (κ2) is 7.99. The number of hydrogen-bond donors (Lipinski definition) is 1. The molecule has 2 fully saturated rings. The van der Waals surface area contributed by atoms with Crippen LogP contribution in [-0.4, -0.2) is 74.6 Å². The van der Waals surface area contributed by atoms with Crippen LogP contribution >= 0.6 is 0 Å². The van der Waals surface area contributed by atoms with Crippen molar-refractivity contribution in [2.45, 2.75) is 25.8 Å². The summed E-state index contributed by atoms with van der Waals surface area (Å²) in [5.41, 5.74) is 2.04. The lowest BCUT2D eigenvalue weighted by atomic mass is 10.0. The van der Waals surface area contributed by atoms with Crippen LogP contribution in [0.5, 0.6) is 0 Å². The topological polar surface area (TPSA) is 38.8 Å². The van der Waals surface area contributed by atoms with Crippen molar-refractivity contribution in [3.63, 3.8) is 0 Å². The average Bonchev–Trinajstić information content (AvgIpc) is 2.67. The molecule has 1 aromatic rings. The number of likely N-dealkylation sites (tertiary alicyclic amines) is 1. The van der Waals surface area contributed by atoms with Gasteiger partial charge in [-0.15, -0.1) is 0 Å². The second-order valence-corrected chi connectivity index (χ2v) is 6.85. The molecule has 5 nitrogen and oxygen atoms in total. The molecule has 132 valence electrons. The van der Waals surface area contributed by atoms with Gasteiger partial charge in [0, 0.05) is 56.6 Å². The fourth-order valence-corrected chi connectivity index (χ4v) is 3.72. The first kappa shape index (κ1) is 17.2. The van der Waals surface area contributed by atoms with E-state index in [-0.39, 0.29) is 5.91 Å². The van der Waals surface area contributed by atoms with Gasteiger partial charge in [-0.2, -0.15) is 0 Å². The van der Waals surface area contributed by atoms with Crippen LogP contribution in [0.4, 0.5) is 5.69 Å². The summed E-state index contributed by atoms with van der Waals surface area (Å²) in [5, 5.41) is 3.30. The summed E-state index contributed by atoms with van der Waals surface area (Å²) in [6.07, 6.45) is 2.24. The van der Waals surface area contributed by atoms with Crippen molar-refractivity contribution in [2.75, 3.05) is 57.8 Å². The third-order valence-electron chi connectivity index (χ3n) is 5.42. The van der Waals surface area contributed by atoms with Crippen molar-refractivity contribution in [1.82, 2.24) is 15.1 Å². The van der Waals surface area contributed by atoms with Gasteiger partial charge in [0.25, 0.3) is 5.91 Å². The van der Waals surface area contributed by atoms with E-state index < -0.39 is 0 Å². The van der Waals surface area contributed by atoms with E-state index >= 15 is 0 Å². The number of piperazine rings is 1. The van der Waals surface area contributed by atoms with Gasteiger partial charge in [-0.05, 0) is 50.7 Å². The Morgan fingerprint density at radius 3 is 2.46 bits per heavy atom. The maximum Gasteiger partial charge on any atom is 0.253 e. The van der Waals surface area contributed by atoms with Crippen LogP contribution in [0, 0.1) is 0 Å². The summed E-state index contributed by atoms with van der Waals surface area (Å²) in [5.74, 6) is 0.164. The van der Waals surface area contributed by atoms with Gasteiger partial charge in [-0.25, -0.2) is 0 Å². The molecule has 1 amide bonds. The zero-order valence-electron chi connectivity index (χ0n) is 15.0. The Balaban J connectivity index is 1.61. The third-order valence-corrected chi connectivity index (χ3v) is 5.42. The molecule has 0 bridgehead atoms. The highest BCUT2D eigenvalue weighted by Gasteiger charge is 2.23. The summed E-state index contributed by atoms with van der Waals surface area (Å²) in [6.45, 7) is 9.41. The molecule has 2 saturated heterocycles. The molecule has 0 saturated carbocycles. The molecule has 0 aromatic heterocycles. The standard InChI is InChI=1S/C19H30N4O/c1-3-21-11-13-22(14-12-21)18-8-6-16(7-9-18)19(24)23-10-4-5-17(15-23)20-2/h6-9,17,20H,3-5,10-15H2,1-2H3. The number of hydrogen-bond acceptors (Lipinski definition) is 4. The number of nitrogens with one attached hydrogen (secondary N) is 1. The van der Waals surface area contributed by atoms with Gasteiger partial charge in [-0.1, -0.05) is 6.92 Å². The molecule has 24 heavy (non-hydrogen) atoms. The molecular formula is C19H30N4O. The third kappa shape index (κ3) is 3.90. The summed E-state index contributed by atoms with van der Waals surface area (Å²) in [7, 11) is 1.98. The van der Waals surface area contributed by atoms with E-state index in [0.717, 1.165) is 64.2 Å². The normalized spacial score (nSPS) is 22.7. The monoisotopic (exact) mass is 330 g/mol. The van der Waals surface area contributed by atoms with Crippen LogP contribution in [0.3, 0.4) is 0 Å². The molecule has 2 heterocycles. The number of carbonyl (C=O) groups is 1. The number of amides is 1. The van der Waals surface area contributed by atoms with Gasteiger partial charge in [0.05, 0.1) is 0 Å². The molecule has 5 heteroatoms. The van der Waals surface area contributed by atoms with E-state index in [9.17, 15) is 4.79 Å². The van der Waals surface area contributed by atoms with Crippen molar-refractivity contribution in [2.24, 2.45) is 0 Å². The van der Waals surface area contributed by atoms with E-state index in [1.165, 1.54) is 5.69 Å². The van der Waals surface area contributed by atoms with Crippen LogP contribution in [0.15, 0.2) is 24.3 Å². The number of likely N-dealkylation sites (N-methyl/N-ethyl adjacent to an activating group) is 2. The Kier molecular flexibility index (Phi) is 5.74. The molecule has 1 atom stereocenters. The van der Waals surface area contributed by atoms with Gasteiger partial charge >= 0.3 is 0 Å². The quantitative estimate of drug-likeness (QED) is 0.911. The van der Waals surface area contributed by atoms with E-state index in [2.05, 4.69) is 34.2 Å². The van der Waals surface area contributed by atoms with E-state index in [0.29, 0.717) is 6.04 Å². The maximum absolute atomic E-state index is 12.7. The number of piperidine rings is 1. The predicted octanol–water partition coefficient (Wildman–Crippen LogP) is 1.65. The first-order valence-electron chi connectivity index (χ1n) is 9.25. The van der Waals surface area contributed by atoms with Crippen molar-refractivity contribution >= 4 is 11.6 Å². The lowest BCUT2D eigenvalue weighted by molar-refractivity contribution is 0.0698. The summed E-state index contributed by atoms with van der Waals surface area (Å²) < 4.78 is 0. The summed E-state index contributed by atoms with van der Waals surface area (Å²) in [4.78, 5) is 19.6. The molecule has 3 rings (SSSR count). The highest BCUT2D eigenvalue weighted by molar-refractivity contribution is 5.94.